The molecular formula is C28H39NO4. The fourth-order valence-electron chi connectivity index (χ4n) is 7.59. The zero-order valence-corrected chi connectivity index (χ0v) is 20.5. The molecule has 0 radical (unpaired) electrons. The molecule has 180 valence electrons. The maximum absolute atomic E-state index is 12.7. The molecule has 6 atom stereocenters. The number of esters is 1. The van der Waals surface area contributed by atoms with Gasteiger partial charge in [0.2, 0.25) is 0 Å². The molecule has 0 aromatic heterocycles. The van der Waals surface area contributed by atoms with Gasteiger partial charge in [0.15, 0.2) is 5.60 Å². The molecule has 0 bridgehead atoms. The Morgan fingerprint density at radius 1 is 1.15 bits per heavy atom. The van der Waals surface area contributed by atoms with E-state index in [9.17, 15) is 9.59 Å². The molecule has 5 nitrogen and oxygen atoms in total. The number of hydrogen-bond donors (Lipinski definition) is 0. The summed E-state index contributed by atoms with van der Waals surface area (Å²) in [5.41, 5.74) is 1.47. The second-order valence-corrected chi connectivity index (χ2v) is 10.9. The van der Waals surface area contributed by atoms with Gasteiger partial charge >= 0.3 is 11.9 Å². The number of terminal acetylenes is 1. The molecule has 0 spiro atoms. The predicted octanol–water partition coefficient (Wildman–Crippen LogP) is 5.97. The van der Waals surface area contributed by atoms with Gasteiger partial charge in [0.1, 0.15) is 0 Å². The van der Waals surface area contributed by atoms with Crippen LogP contribution in [-0.4, -0.2) is 23.3 Å². The van der Waals surface area contributed by atoms with Crippen molar-refractivity contribution >= 4 is 17.7 Å². The SMILES string of the molecule is C#CC1(OC(=O)CCCCC)CC[C@H]2[C@@H]3CCC4=C/C(=N\OC(C)=O)CC[C@@H]4[C@H]3CC[C@@]21C. The Hall–Kier alpha value is -2.09. The van der Waals surface area contributed by atoms with Crippen molar-refractivity contribution in [2.24, 2.45) is 34.2 Å². The summed E-state index contributed by atoms with van der Waals surface area (Å²) in [5.74, 6) is 4.90. The van der Waals surface area contributed by atoms with Crippen LogP contribution in [0.1, 0.15) is 97.8 Å². The van der Waals surface area contributed by atoms with E-state index in [4.69, 9.17) is 16.0 Å². The molecule has 3 saturated carbocycles. The normalized spacial score (nSPS) is 38.4. The number of carbonyl (C=O) groups is 2. The van der Waals surface area contributed by atoms with Crippen LogP contribution in [-0.2, 0) is 19.2 Å². The molecule has 0 N–H and O–H groups in total. The van der Waals surface area contributed by atoms with Crippen LogP contribution < -0.4 is 0 Å². The quantitative estimate of drug-likeness (QED) is 0.163. The van der Waals surface area contributed by atoms with Crippen molar-refractivity contribution in [3.8, 4) is 12.3 Å². The lowest BCUT2D eigenvalue weighted by Gasteiger charge is -2.55. The maximum atomic E-state index is 12.7. The van der Waals surface area contributed by atoms with Gasteiger partial charge < -0.3 is 9.57 Å². The van der Waals surface area contributed by atoms with Crippen molar-refractivity contribution in [1.82, 2.24) is 0 Å². The van der Waals surface area contributed by atoms with Gasteiger partial charge in [-0.25, -0.2) is 4.79 Å². The minimum Gasteiger partial charge on any atom is -0.445 e. The van der Waals surface area contributed by atoms with Crippen LogP contribution in [0.2, 0.25) is 0 Å². The summed E-state index contributed by atoms with van der Waals surface area (Å²) in [6, 6.07) is 0. The summed E-state index contributed by atoms with van der Waals surface area (Å²) in [6.07, 6.45) is 19.9. The minimum absolute atomic E-state index is 0.119. The highest BCUT2D eigenvalue weighted by Gasteiger charge is 2.64. The zero-order chi connectivity index (χ0) is 23.6. The van der Waals surface area contributed by atoms with Crippen molar-refractivity contribution in [3.63, 3.8) is 0 Å². The summed E-state index contributed by atoms with van der Waals surface area (Å²) < 4.78 is 6.17. The fourth-order valence-corrected chi connectivity index (χ4v) is 7.59. The number of oxime groups is 1. The van der Waals surface area contributed by atoms with Gasteiger partial charge in [-0.3, -0.25) is 4.79 Å². The Kier molecular flexibility index (Phi) is 7.03. The molecule has 1 unspecified atom stereocenters. The van der Waals surface area contributed by atoms with Crippen LogP contribution in [0.3, 0.4) is 0 Å². The molecule has 0 heterocycles. The molecule has 0 saturated heterocycles. The molecule has 5 heteroatoms. The second kappa shape index (κ2) is 9.65. The lowest BCUT2D eigenvalue weighted by atomic mass is 9.50. The van der Waals surface area contributed by atoms with Gasteiger partial charge in [-0.15, -0.1) is 6.42 Å². The molecule has 0 aromatic carbocycles. The summed E-state index contributed by atoms with van der Waals surface area (Å²) >= 11 is 0. The van der Waals surface area contributed by atoms with Gasteiger partial charge in [-0.05, 0) is 87.5 Å². The van der Waals surface area contributed by atoms with Crippen LogP contribution in [0.5, 0.6) is 0 Å². The smallest absolute Gasteiger partial charge is 0.331 e. The van der Waals surface area contributed by atoms with E-state index in [0.717, 1.165) is 76.3 Å². The third-order valence-corrected chi connectivity index (χ3v) is 9.23. The summed E-state index contributed by atoms with van der Waals surface area (Å²) in [4.78, 5) is 28.7. The average molecular weight is 454 g/mol. The molecule has 0 aromatic rings. The average Bonchev–Trinajstić information content (AvgIpc) is 3.09. The number of unbranched alkanes of at least 4 members (excludes halogenated alkanes) is 2. The van der Waals surface area contributed by atoms with Crippen molar-refractivity contribution in [2.75, 3.05) is 0 Å². The summed E-state index contributed by atoms with van der Waals surface area (Å²) in [6.45, 7) is 5.82. The number of hydrogen-bond acceptors (Lipinski definition) is 5. The Bertz CT molecular complexity index is 883. The Balaban J connectivity index is 1.49. The molecular weight excluding hydrogens is 414 g/mol. The highest BCUT2D eigenvalue weighted by atomic mass is 16.7. The van der Waals surface area contributed by atoms with E-state index in [1.807, 2.05) is 0 Å². The number of ether oxygens (including phenoxy) is 1. The maximum Gasteiger partial charge on any atom is 0.331 e. The van der Waals surface area contributed by atoms with E-state index in [2.05, 4.69) is 31.0 Å². The van der Waals surface area contributed by atoms with Crippen molar-refractivity contribution in [2.45, 2.75) is 103 Å². The van der Waals surface area contributed by atoms with Gasteiger partial charge in [-0.2, -0.15) is 0 Å². The Labute approximate surface area is 198 Å². The zero-order valence-electron chi connectivity index (χ0n) is 20.5. The number of rotatable bonds is 6. The van der Waals surface area contributed by atoms with Crippen molar-refractivity contribution in [1.29, 1.82) is 0 Å². The van der Waals surface area contributed by atoms with Gasteiger partial charge in [0.25, 0.3) is 0 Å². The van der Waals surface area contributed by atoms with Gasteiger partial charge in [0, 0.05) is 18.8 Å². The molecule has 4 aliphatic rings. The highest BCUT2D eigenvalue weighted by molar-refractivity contribution is 5.96. The first kappa shape index (κ1) is 24.0. The molecule has 33 heavy (non-hydrogen) atoms. The molecule has 4 aliphatic carbocycles. The number of fused-ring (bicyclic) bond motifs is 5. The third kappa shape index (κ3) is 4.38. The lowest BCUT2D eigenvalue weighted by molar-refractivity contribution is -0.170. The highest BCUT2D eigenvalue weighted by Crippen LogP contribution is 2.65. The first-order chi connectivity index (χ1) is 15.8. The first-order valence-corrected chi connectivity index (χ1v) is 13.0. The van der Waals surface area contributed by atoms with Crippen molar-refractivity contribution in [3.05, 3.63) is 11.6 Å². The second-order valence-electron chi connectivity index (χ2n) is 10.9. The van der Waals surface area contributed by atoms with Crippen molar-refractivity contribution < 1.29 is 19.2 Å². The van der Waals surface area contributed by atoms with Crippen LogP contribution in [0.25, 0.3) is 0 Å². The van der Waals surface area contributed by atoms with Gasteiger partial charge in [0.05, 0.1) is 5.71 Å². The summed E-state index contributed by atoms with van der Waals surface area (Å²) in [7, 11) is 0. The van der Waals surface area contributed by atoms with Crippen LogP contribution in [0, 0.1) is 41.4 Å². The van der Waals surface area contributed by atoms with E-state index in [1.54, 1.807) is 0 Å². The van der Waals surface area contributed by atoms with E-state index in [-0.39, 0.29) is 17.4 Å². The standard InChI is InChI=1S/C28H39NO4/c1-5-7-8-9-26(31)32-28(6-2)17-15-25-24-12-10-20-18-21(29-33-19(3)30)11-13-22(20)23(24)14-16-27(25,28)4/h2,18,22-25H,5,7-17H2,1,3-4H3/b29-21-/t22-,23+,24+,25-,27-,28?/m0/s1. The van der Waals surface area contributed by atoms with E-state index in [1.165, 1.54) is 12.5 Å². The molecule has 0 amide bonds. The summed E-state index contributed by atoms with van der Waals surface area (Å²) in [5, 5.41) is 4.05. The third-order valence-electron chi connectivity index (χ3n) is 9.23. The van der Waals surface area contributed by atoms with E-state index >= 15 is 0 Å². The topological polar surface area (TPSA) is 65.0 Å². The van der Waals surface area contributed by atoms with E-state index < -0.39 is 5.60 Å². The molecule has 0 aliphatic heterocycles. The molecule has 4 rings (SSSR count). The number of allylic oxidation sites excluding steroid dienone is 2. The van der Waals surface area contributed by atoms with E-state index in [0.29, 0.717) is 30.1 Å². The van der Waals surface area contributed by atoms with Crippen LogP contribution >= 0.6 is 0 Å². The fraction of sp³-hybridized carbons (Fsp3) is 0.750. The minimum atomic E-state index is -0.752. The van der Waals surface area contributed by atoms with Gasteiger partial charge in [-0.1, -0.05) is 43.3 Å². The number of nitrogens with zero attached hydrogens (tertiary/aromatic N) is 1. The number of carbonyl (C=O) groups excluding carboxylic acids is 2. The first-order valence-electron chi connectivity index (χ1n) is 13.0. The lowest BCUT2D eigenvalue weighted by Crippen LogP contribution is -2.53. The monoisotopic (exact) mass is 453 g/mol. The predicted molar refractivity (Wildman–Crippen MR) is 128 cm³/mol. The Morgan fingerprint density at radius 2 is 1.97 bits per heavy atom. The molecule has 3 fully saturated rings. The largest absolute Gasteiger partial charge is 0.445 e. The van der Waals surface area contributed by atoms with Crippen LogP contribution in [0.4, 0.5) is 0 Å². The Morgan fingerprint density at radius 3 is 2.70 bits per heavy atom. The van der Waals surface area contributed by atoms with Crippen LogP contribution in [0.15, 0.2) is 16.8 Å².